The van der Waals surface area contributed by atoms with E-state index >= 15 is 0 Å². The lowest BCUT2D eigenvalue weighted by Crippen LogP contribution is -2.58. The molecule has 0 saturated carbocycles. The molecule has 1 aliphatic rings. The van der Waals surface area contributed by atoms with Crippen molar-refractivity contribution in [3.05, 3.63) is 17.0 Å². The molecule has 1 atom stereocenters. The van der Waals surface area contributed by atoms with Crippen molar-refractivity contribution in [3.63, 3.8) is 0 Å². The van der Waals surface area contributed by atoms with E-state index in [1.165, 1.54) is 13.0 Å². The highest BCUT2D eigenvalue weighted by Crippen LogP contribution is 2.26. The number of aryl methyl sites for hydroxylation is 1. The van der Waals surface area contributed by atoms with Gasteiger partial charge in [0.1, 0.15) is 10.3 Å². The highest BCUT2D eigenvalue weighted by molar-refractivity contribution is 7.91. The Balaban J connectivity index is 2.40. The fraction of sp³-hybridized carbons (Fsp3) is 0.400. The third kappa shape index (κ3) is 2.18. The normalized spacial score (nSPS) is 22.0. The Morgan fingerprint density at radius 2 is 2.06 bits per heavy atom. The van der Waals surface area contributed by atoms with Gasteiger partial charge in [0.2, 0.25) is 11.8 Å². The number of carbonyl (C=O) groups excluding carboxylic acids is 2. The molecular weight excluding hydrogens is 276 g/mol. The molecule has 8 heteroatoms. The quantitative estimate of drug-likeness (QED) is 0.782. The van der Waals surface area contributed by atoms with Crippen LogP contribution in [0.4, 0.5) is 0 Å². The van der Waals surface area contributed by atoms with Crippen molar-refractivity contribution < 1.29 is 18.0 Å². The second kappa shape index (κ2) is 4.45. The van der Waals surface area contributed by atoms with E-state index in [1.54, 1.807) is 13.0 Å². The molecule has 1 aromatic rings. The van der Waals surface area contributed by atoms with Crippen LogP contribution in [0, 0.1) is 6.92 Å². The van der Waals surface area contributed by atoms with Crippen molar-refractivity contribution in [3.8, 4) is 0 Å². The Morgan fingerprint density at radius 1 is 1.39 bits per heavy atom. The summed E-state index contributed by atoms with van der Waals surface area (Å²) in [4.78, 5) is 23.6. The molecule has 98 valence electrons. The number of nitrogens with zero attached hydrogens (tertiary/aromatic N) is 1. The van der Waals surface area contributed by atoms with Crippen molar-refractivity contribution in [2.24, 2.45) is 0 Å². The Morgan fingerprint density at radius 3 is 2.61 bits per heavy atom. The van der Waals surface area contributed by atoms with E-state index in [1.807, 2.05) is 0 Å². The summed E-state index contributed by atoms with van der Waals surface area (Å²) in [5.41, 5.74) is 0. The minimum Gasteiger partial charge on any atom is -0.294 e. The van der Waals surface area contributed by atoms with Crippen LogP contribution in [0.2, 0.25) is 0 Å². The van der Waals surface area contributed by atoms with Gasteiger partial charge in [0.05, 0.1) is 6.54 Å². The minimum absolute atomic E-state index is 0.148. The first-order chi connectivity index (χ1) is 8.32. The summed E-state index contributed by atoms with van der Waals surface area (Å²) in [5.74, 6) is -1.20. The monoisotopic (exact) mass is 288 g/mol. The zero-order valence-electron chi connectivity index (χ0n) is 9.84. The van der Waals surface area contributed by atoms with Gasteiger partial charge < -0.3 is 0 Å². The van der Waals surface area contributed by atoms with E-state index in [4.69, 9.17) is 0 Å². The van der Waals surface area contributed by atoms with E-state index in [0.29, 0.717) is 0 Å². The first-order valence-electron chi connectivity index (χ1n) is 5.24. The molecule has 0 spiro atoms. The molecule has 6 nitrogen and oxygen atoms in total. The van der Waals surface area contributed by atoms with Gasteiger partial charge >= 0.3 is 0 Å². The van der Waals surface area contributed by atoms with Crippen LogP contribution in [0.25, 0.3) is 0 Å². The maximum absolute atomic E-state index is 12.3. The lowest BCUT2D eigenvalue weighted by atomic mass is 10.2. The van der Waals surface area contributed by atoms with Crippen molar-refractivity contribution in [1.82, 2.24) is 9.62 Å². The molecule has 1 aliphatic heterocycles. The molecule has 1 fully saturated rings. The summed E-state index contributed by atoms with van der Waals surface area (Å²) in [6.45, 7) is 2.92. The Kier molecular flexibility index (Phi) is 3.26. The van der Waals surface area contributed by atoms with Gasteiger partial charge in [0.15, 0.2) is 0 Å². The van der Waals surface area contributed by atoms with Crippen molar-refractivity contribution in [2.45, 2.75) is 24.1 Å². The number of imide groups is 1. The summed E-state index contributed by atoms with van der Waals surface area (Å²) in [5, 5.41) is 2.11. The van der Waals surface area contributed by atoms with Gasteiger partial charge in [-0.2, -0.15) is 4.31 Å². The van der Waals surface area contributed by atoms with Gasteiger partial charge in [-0.25, -0.2) is 8.42 Å². The predicted molar refractivity (Wildman–Crippen MR) is 65.6 cm³/mol. The number of rotatable bonds is 2. The fourth-order valence-corrected chi connectivity index (χ4v) is 4.61. The standard InChI is InChI=1S/C10H12N2O4S2/c1-6-3-4-9(17-6)18(15,16)12-5-8(13)11-10(14)7(12)2/h3-4,7H,5H2,1-2H3,(H,11,13,14). The third-order valence-electron chi connectivity index (χ3n) is 2.65. The third-order valence-corrected chi connectivity index (χ3v) is 6.04. The molecule has 1 aromatic heterocycles. The molecule has 2 rings (SSSR count). The average molecular weight is 288 g/mol. The van der Waals surface area contributed by atoms with Crippen LogP contribution >= 0.6 is 11.3 Å². The number of thiophene rings is 1. The van der Waals surface area contributed by atoms with Crippen LogP contribution in [0.15, 0.2) is 16.3 Å². The molecule has 1 unspecified atom stereocenters. The molecular formula is C10H12N2O4S2. The smallest absolute Gasteiger partial charge is 0.253 e. The zero-order chi connectivity index (χ0) is 13.5. The molecule has 0 radical (unpaired) electrons. The molecule has 0 aliphatic carbocycles. The molecule has 0 bridgehead atoms. The Hall–Kier alpha value is -1.25. The number of sulfonamides is 1. The van der Waals surface area contributed by atoms with Gasteiger partial charge in [0.25, 0.3) is 10.0 Å². The number of amides is 2. The summed E-state index contributed by atoms with van der Waals surface area (Å²) in [7, 11) is -3.79. The van der Waals surface area contributed by atoms with Gasteiger partial charge in [-0.1, -0.05) is 0 Å². The fourth-order valence-electron chi connectivity index (χ4n) is 1.65. The number of piperazine rings is 1. The van der Waals surface area contributed by atoms with Crippen molar-refractivity contribution in [1.29, 1.82) is 0 Å². The molecule has 1 N–H and O–H groups in total. The topological polar surface area (TPSA) is 83.6 Å². The number of carbonyl (C=O) groups is 2. The van der Waals surface area contributed by atoms with E-state index < -0.39 is 27.9 Å². The van der Waals surface area contributed by atoms with E-state index in [9.17, 15) is 18.0 Å². The number of hydrogen-bond acceptors (Lipinski definition) is 5. The van der Waals surface area contributed by atoms with Gasteiger partial charge in [-0.05, 0) is 26.0 Å². The first-order valence-corrected chi connectivity index (χ1v) is 7.50. The summed E-state index contributed by atoms with van der Waals surface area (Å²) in [6, 6.07) is 2.29. The summed E-state index contributed by atoms with van der Waals surface area (Å²) < 4.78 is 25.7. The average Bonchev–Trinajstić information content (AvgIpc) is 2.70. The van der Waals surface area contributed by atoms with Crippen LogP contribution in [0.3, 0.4) is 0 Å². The first kappa shape index (κ1) is 13.2. The van der Waals surface area contributed by atoms with Gasteiger partial charge in [-0.15, -0.1) is 11.3 Å². The summed E-state index contributed by atoms with van der Waals surface area (Å²) >= 11 is 1.12. The highest BCUT2D eigenvalue weighted by Gasteiger charge is 2.39. The van der Waals surface area contributed by atoms with Crippen LogP contribution in [-0.4, -0.2) is 37.1 Å². The maximum Gasteiger partial charge on any atom is 0.253 e. The van der Waals surface area contributed by atoms with Gasteiger partial charge in [0, 0.05) is 4.88 Å². The zero-order valence-corrected chi connectivity index (χ0v) is 11.5. The Bertz CT molecular complexity index is 605. The number of hydrogen-bond donors (Lipinski definition) is 1. The van der Waals surface area contributed by atoms with E-state index in [2.05, 4.69) is 5.32 Å². The summed E-state index contributed by atoms with van der Waals surface area (Å²) in [6.07, 6.45) is 0. The molecule has 2 amide bonds. The second-order valence-corrected chi connectivity index (χ2v) is 7.41. The van der Waals surface area contributed by atoms with Crippen LogP contribution < -0.4 is 5.32 Å². The molecule has 1 saturated heterocycles. The van der Waals surface area contributed by atoms with Crippen molar-refractivity contribution in [2.75, 3.05) is 6.54 Å². The molecule has 18 heavy (non-hydrogen) atoms. The lowest BCUT2D eigenvalue weighted by Gasteiger charge is -2.30. The van der Waals surface area contributed by atoms with E-state index in [0.717, 1.165) is 20.5 Å². The van der Waals surface area contributed by atoms with E-state index in [-0.39, 0.29) is 10.8 Å². The predicted octanol–water partition coefficient (Wildman–Crippen LogP) is 0.0921. The molecule has 0 aromatic carbocycles. The van der Waals surface area contributed by atoms with Crippen LogP contribution in [0.5, 0.6) is 0 Å². The maximum atomic E-state index is 12.3. The van der Waals surface area contributed by atoms with Crippen molar-refractivity contribution >= 4 is 33.2 Å². The SMILES string of the molecule is Cc1ccc(S(=O)(=O)N2CC(=O)NC(=O)C2C)s1. The lowest BCUT2D eigenvalue weighted by molar-refractivity contribution is -0.136. The number of nitrogens with one attached hydrogen (secondary N) is 1. The minimum atomic E-state index is -3.79. The van der Waals surface area contributed by atoms with Crippen LogP contribution in [-0.2, 0) is 19.6 Å². The second-order valence-electron chi connectivity index (χ2n) is 4.00. The highest BCUT2D eigenvalue weighted by atomic mass is 32.2. The Labute approximate surface area is 109 Å². The van der Waals surface area contributed by atoms with Crippen LogP contribution in [0.1, 0.15) is 11.8 Å². The molecule has 2 heterocycles. The van der Waals surface area contributed by atoms with Gasteiger partial charge in [-0.3, -0.25) is 14.9 Å². The largest absolute Gasteiger partial charge is 0.294 e.